The SMILES string of the molecule is C=CC(=O)Nc1cccc(NC(=O)CCCCC(=O)NC)c1.CC. The standard InChI is InChI=1S/C16H21N3O3.C2H6/c1-3-14(20)18-12-7-6-8-13(11-12)19-16(22)10-5-4-9-15(21)17-2;1-2/h3,6-8,11H,1,4-5,9-10H2,2H3,(H,17,21)(H,18,20)(H,19,22);1-2H3. The van der Waals surface area contributed by atoms with E-state index in [1.807, 2.05) is 13.8 Å². The molecule has 0 atom stereocenters. The lowest BCUT2D eigenvalue weighted by Crippen LogP contribution is -2.17. The van der Waals surface area contributed by atoms with Crippen LogP contribution in [0.5, 0.6) is 0 Å². The zero-order valence-electron chi connectivity index (χ0n) is 14.6. The first-order valence-electron chi connectivity index (χ1n) is 8.09. The predicted molar refractivity (Wildman–Crippen MR) is 97.8 cm³/mol. The summed E-state index contributed by atoms with van der Waals surface area (Å²) >= 11 is 0. The van der Waals surface area contributed by atoms with Crippen molar-refractivity contribution in [2.45, 2.75) is 39.5 Å². The summed E-state index contributed by atoms with van der Waals surface area (Å²) in [6.45, 7) is 7.38. The van der Waals surface area contributed by atoms with Gasteiger partial charge in [0.15, 0.2) is 0 Å². The quantitative estimate of drug-likeness (QED) is 0.504. The third-order valence-electron chi connectivity index (χ3n) is 2.94. The Kier molecular flexibility index (Phi) is 11.5. The second-order valence-corrected chi connectivity index (χ2v) is 4.70. The van der Waals surface area contributed by atoms with Gasteiger partial charge in [0.1, 0.15) is 0 Å². The Bertz CT molecular complexity index is 556. The minimum Gasteiger partial charge on any atom is -0.359 e. The third-order valence-corrected chi connectivity index (χ3v) is 2.94. The molecule has 0 unspecified atom stereocenters. The van der Waals surface area contributed by atoms with Crippen molar-refractivity contribution in [3.05, 3.63) is 36.9 Å². The zero-order chi connectivity index (χ0) is 18.4. The smallest absolute Gasteiger partial charge is 0.247 e. The van der Waals surface area contributed by atoms with Gasteiger partial charge in [-0.2, -0.15) is 0 Å². The van der Waals surface area contributed by atoms with Gasteiger partial charge in [-0.3, -0.25) is 14.4 Å². The second-order valence-electron chi connectivity index (χ2n) is 4.70. The minimum atomic E-state index is -0.308. The van der Waals surface area contributed by atoms with E-state index in [1.165, 1.54) is 6.08 Å². The van der Waals surface area contributed by atoms with Crippen LogP contribution in [-0.4, -0.2) is 24.8 Å². The van der Waals surface area contributed by atoms with Crippen molar-refractivity contribution in [3.8, 4) is 0 Å². The maximum Gasteiger partial charge on any atom is 0.247 e. The highest BCUT2D eigenvalue weighted by Crippen LogP contribution is 2.15. The molecule has 1 aromatic carbocycles. The summed E-state index contributed by atoms with van der Waals surface area (Å²) in [5.74, 6) is -0.451. The highest BCUT2D eigenvalue weighted by molar-refractivity contribution is 5.99. The summed E-state index contributed by atoms with van der Waals surface area (Å²) in [5.41, 5.74) is 1.19. The largest absolute Gasteiger partial charge is 0.359 e. The third kappa shape index (κ3) is 9.40. The van der Waals surface area contributed by atoms with Gasteiger partial charge in [0.25, 0.3) is 0 Å². The normalized spacial score (nSPS) is 9.12. The minimum absolute atomic E-state index is 0.0222. The Morgan fingerprint density at radius 2 is 1.54 bits per heavy atom. The van der Waals surface area contributed by atoms with Gasteiger partial charge in [0, 0.05) is 31.3 Å². The van der Waals surface area contributed by atoms with Gasteiger partial charge < -0.3 is 16.0 Å². The lowest BCUT2D eigenvalue weighted by Gasteiger charge is -2.08. The van der Waals surface area contributed by atoms with Crippen LogP contribution in [0.2, 0.25) is 0 Å². The molecule has 3 N–H and O–H groups in total. The lowest BCUT2D eigenvalue weighted by atomic mass is 10.1. The number of amides is 3. The Morgan fingerprint density at radius 1 is 1.00 bits per heavy atom. The molecule has 0 heterocycles. The summed E-state index contributed by atoms with van der Waals surface area (Å²) in [6.07, 6.45) is 3.26. The number of anilines is 2. The van der Waals surface area contributed by atoms with Crippen molar-refractivity contribution in [2.75, 3.05) is 17.7 Å². The molecular formula is C18H27N3O3. The molecule has 0 fully saturated rings. The van der Waals surface area contributed by atoms with Gasteiger partial charge >= 0.3 is 0 Å². The number of hydrogen-bond donors (Lipinski definition) is 3. The van der Waals surface area contributed by atoms with Crippen LogP contribution in [0.4, 0.5) is 11.4 Å². The molecule has 132 valence electrons. The van der Waals surface area contributed by atoms with E-state index in [0.29, 0.717) is 37.1 Å². The summed E-state index contributed by atoms with van der Waals surface area (Å²) < 4.78 is 0. The molecule has 24 heavy (non-hydrogen) atoms. The molecule has 1 aromatic rings. The summed E-state index contributed by atoms with van der Waals surface area (Å²) in [4.78, 5) is 34.1. The van der Waals surface area contributed by atoms with Crippen LogP contribution < -0.4 is 16.0 Å². The summed E-state index contributed by atoms with van der Waals surface area (Å²) in [5, 5.41) is 7.92. The molecular weight excluding hydrogens is 306 g/mol. The fraction of sp³-hybridized carbons (Fsp3) is 0.389. The van der Waals surface area contributed by atoms with E-state index >= 15 is 0 Å². The van der Waals surface area contributed by atoms with Crippen LogP contribution in [0.1, 0.15) is 39.5 Å². The second kappa shape index (κ2) is 12.9. The van der Waals surface area contributed by atoms with E-state index in [9.17, 15) is 14.4 Å². The number of benzene rings is 1. The zero-order valence-corrected chi connectivity index (χ0v) is 14.6. The van der Waals surface area contributed by atoms with Crippen LogP contribution in [0.3, 0.4) is 0 Å². The van der Waals surface area contributed by atoms with Crippen LogP contribution >= 0.6 is 0 Å². The average Bonchev–Trinajstić information content (AvgIpc) is 2.60. The van der Waals surface area contributed by atoms with E-state index < -0.39 is 0 Å². The lowest BCUT2D eigenvalue weighted by molar-refractivity contribution is -0.121. The highest BCUT2D eigenvalue weighted by Gasteiger charge is 2.05. The number of hydrogen-bond acceptors (Lipinski definition) is 3. The van der Waals surface area contributed by atoms with Gasteiger partial charge in [-0.05, 0) is 37.1 Å². The van der Waals surface area contributed by atoms with Crippen molar-refractivity contribution in [3.63, 3.8) is 0 Å². The number of carbonyl (C=O) groups is 3. The fourth-order valence-corrected chi connectivity index (χ4v) is 1.79. The van der Waals surface area contributed by atoms with Crippen molar-refractivity contribution < 1.29 is 14.4 Å². The Morgan fingerprint density at radius 3 is 2.08 bits per heavy atom. The van der Waals surface area contributed by atoms with E-state index in [2.05, 4.69) is 22.5 Å². The van der Waals surface area contributed by atoms with Crippen LogP contribution in [0.15, 0.2) is 36.9 Å². The van der Waals surface area contributed by atoms with E-state index in [1.54, 1.807) is 31.3 Å². The molecule has 0 aliphatic carbocycles. The Balaban J connectivity index is 0.00000254. The molecule has 0 bridgehead atoms. The molecule has 0 aromatic heterocycles. The highest BCUT2D eigenvalue weighted by atomic mass is 16.2. The van der Waals surface area contributed by atoms with Gasteiger partial charge in [0.2, 0.25) is 17.7 Å². The Hall–Kier alpha value is -2.63. The topological polar surface area (TPSA) is 87.3 Å². The molecule has 1 rings (SSSR count). The van der Waals surface area contributed by atoms with E-state index in [0.717, 1.165) is 0 Å². The molecule has 3 amide bonds. The molecule has 0 aliphatic rings. The monoisotopic (exact) mass is 333 g/mol. The molecule has 6 nitrogen and oxygen atoms in total. The first-order chi connectivity index (χ1) is 11.5. The van der Waals surface area contributed by atoms with Gasteiger partial charge in [0.05, 0.1) is 0 Å². The van der Waals surface area contributed by atoms with Crippen molar-refractivity contribution >= 4 is 29.1 Å². The molecule has 0 aliphatic heterocycles. The number of unbranched alkanes of at least 4 members (excludes halogenated alkanes) is 1. The Labute approximate surface area is 143 Å². The molecule has 6 heteroatoms. The maximum atomic E-state index is 11.8. The van der Waals surface area contributed by atoms with Crippen molar-refractivity contribution in [2.24, 2.45) is 0 Å². The van der Waals surface area contributed by atoms with Gasteiger partial charge in [-0.25, -0.2) is 0 Å². The van der Waals surface area contributed by atoms with Crippen molar-refractivity contribution in [1.29, 1.82) is 0 Å². The fourth-order valence-electron chi connectivity index (χ4n) is 1.79. The first kappa shape index (κ1) is 21.4. The average molecular weight is 333 g/mol. The van der Waals surface area contributed by atoms with Crippen LogP contribution in [-0.2, 0) is 14.4 Å². The summed E-state index contributed by atoms with van der Waals surface area (Å²) in [6, 6.07) is 6.87. The predicted octanol–water partition coefficient (Wildman–Crippen LogP) is 3.08. The number of carbonyl (C=O) groups excluding carboxylic acids is 3. The number of rotatable bonds is 8. The van der Waals surface area contributed by atoms with Gasteiger partial charge in [-0.1, -0.05) is 26.5 Å². The van der Waals surface area contributed by atoms with Gasteiger partial charge in [-0.15, -0.1) is 0 Å². The van der Waals surface area contributed by atoms with Crippen molar-refractivity contribution in [1.82, 2.24) is 5.32 Å². The molecule has 0 spiro atoms. The van der Waals surface area contributed by atoms with E-state index in [4.69, 9.17) is 0 Å². The van der Waals surface area contributed by atoms with E-state index in [-0.39, 0.29) is 17.7 Å². The maximum absolute atomic E-state index is 11.8. The van der Waals surface area contributed by atoms with Crippen LogP contribution in [0, 0.1) is 0 Å². The molecule has 0 saturated carbocycles. The number of nitrogens with one attached hydrogen (secondary N) is 3. The van der Waals surface area contributed by atoms with Crippen LogP contribution in [0.25, 0.3) is 0 Å². The molecule has 0 saturated heterocycles. The first-order valence-corrected chi connectivity index (χ1v) is 8.09. The summed E-state index contributed by atoms with van der Waals surface area (Å²) in [7, 11) is 1.59. The molecule has 0 radical (unpaired) electrons.